The van der Waals surface area contributed by atoms with E-state index in [-0.39, 0.29) is 48.7 Å². The molecule has 0 aliphatic carbocycles. The van der Waals surface area contributed by atoms with E-state index in [1.54, 1.807) is 91.0 Å². The van der Waals surface area contributed by atoms with Crippen molar-refractivity contribution in [2.45, 2.75) is 121 Å². The molecule has 0 saturated heterocycles. The molecule has 3 aromatic rings. The number of alkyl carbamates (subject to hydrolysis) is 1. The molecule has 0 unspecified atom stereocenters. The number of rotatable bonds is 29. The van der Waals surface area contributed by atoms with Gasteiger partial charge in [0.05, 0.1) is 6.54 Å². The van der Waals surface area contributed by atoms with E-state index in [1.807, 2.05) is 34.6 Å². The predicted octanol–water partition coefficient (Wildman–Crippen LogP) is 4.74. The molecule has 0 saturated carbocycles. The second-order valence-corrected chi connectivity index (χ2v) is 23.4. The Hall–Kier alpha value is -6.87. The van der Waals surface area contributed by atoms with Crippen LogP contribution in [0, 0.1) is 5.92 Å². The number of hydrogen-bond donors (Lipinski definition) is 5. The van der Waals surface area contributed by atoms with Crippen molar-refractivity contribution in [3.8, 4) is 0 Å². The first-order valence-corrected chi connectivity index (χ1v) is 27.7. The predicted molar refractivity (Wildman–Crippen MR) is 300 cm³/mol. The normalized spacial score (nSPS) is 13.9. The van der Waals surface area contributed by atoms with Crippen LogP contribution in [0.1, 0.15) is 71.6 Å². The lowest BCUT2D eigenvalue weighted by molar-refractivity contribution is -0.146. The molecule has 7 atom stereocenters. The number of aliphatic carboxylic acids is 1. The number of carboxylic acid groups (broad SMARTS) is 1. The van der Waals surface area contributed by atoms with E-state index in [4.69, 9.17) is 4.74 Å². The SMILES string of the molecule is C=CCOC(=O)N[C@@H](CSSC(C)(C)C)C(=O)N(C)[C@@H](CC(C)C)C(=O)N[C@@H](Cc1ccccc1)C(=O)N(C)CC(=O)N(C)[C@@H](Cc1ccccc1)C(=O)N[C@@H](C)C(=O)N(C)[C@@H](C)C(=O)N[C@@H](Cc1ccccc1)C(=O)O. The molecule has 19 nitrogen and oxygen atoms in total. The highest BCUT2D eigenvalue weighted by molar-refractivity contribution is 8.77. The highest BCUT2D eigenvalue weighted by atomic mass is 33.1. The minimum absolute atomic E-state index is 0.0107. The molecule has 0 fully saturated rings. The monoisotopic (exact) mass is 1100 g/mol. The van der Waals surface area contributed by atoms with E-state index >= 15 is 0 Å². The van der Waals surface area contributed by atoms with Gasteiger partial charge in [0.1, 0.15) is 48.9 Å². The standard InChI is InChI=1S/C56H78N8O11S2/c1-13-29-75-55(74)60-44(35-76-77-56(6,7)8)53(71)64(12)45(30-36(2)3)50(68)58-42(31-39-23-17-14-18-24-39)52(70)61(9)34-47(65)63(11)46(33-41-27-21-16-22-28-41)49(67)57-37(4)51(69)62(10)38(5)48(66)59-43(54(72)73)32-40-25-19-15-20-26-40/h13-28,36-38,42-46H,1,29-35H2,2-12H3,(H,57,67)(H,58,68)(H,59,66)(H,60,74)(H,72,73)/t37-,38-,42-,43-,44-,45-,46-/m0/s1. The van der Waals surface area contributed by atoms with Gasteiger partial charge in [-0.05, 0) is 42.9 Å². The Kier molecular flexibility index (Phi) is 26.2. The number of nitrogens with one attached hydrogen (secondary N) is 4. The van der Waals surface area contributed by atoms with Gasteiger partial charge in [-0.15, -0.1) is 0 Å². The molecule has 0 aromatic heterocycles. The number of ether oxygens (including phenoxy) is 1. The van der Waals surface area contributed by atoms with Crippen LogP contribution in [0.25, 0.3) is 0 Å². The Labute approximate surface area is 461 Å². The number of carboxylic acids is 1. The lowest BCUT2D eigenvalue weighted by atomic mass is 9.99. The van der Waals surface area contributed by atoms with E-state index < -0.39 is 102 Å². The summed E-state index contributed by atoms with van der Waals surface area (Å²) in [5.74, 6) is -5.77. The van der Waals surface area contributed by atoms with Crippen molar-refractivity contribution in [2.24, 2.45) is 5.92 Å². The van der Waals surface area contributed by atoms with Crippen molar-refractivity contribution in [3.05, 3.63) is 120 Å². The van der Waals surface area contributed by atoms with Gasteiger partial charge >= 0.3 is 12.1 Å². The van der Waals surface area contributed by atoms with Gasteiger partial charge in [-0.2, -0.15) is 0 Å². The van der Waals surface area contributed by atoms with E-state index in [0.29, 0.717) is 16.7 Å². The molecule has 0 aliphatic rings. The highest BCUT2D eigenvalue weighted by Gasteiger charge is 2.38. The van der Waals surface area contributed by atoms with Gasteiger partial charge < -0.3 is 50.7 Å². The van der Waals surface area contributed by atoms with Crippen LogP contribution >= 0.6 is 21.6 Å². The van der Waals surface area contributed by atoms with Crippen molar-refractivity contribution in [3.63, 3.8) is 0 Å². The van der Waals surface area contributed by atoms with E-state index in [1.165, 1.54) is 79.5 Å². The summed E-state index contributed by atoms with van der Waals surface area (Å²) in [7, 11) is 8.54. The summed E-state index contributed by atoms with van der Waals surface area (Å²) in [5.41, 5.74) is 2.07. The summed E-state index contributed by atoms with van der Waals surface area (Å²) in [4.78, 5) is 128. The fourth-order valence-electron chi connectivity index (χ4n) is 7.84. The lowest BCUT2D eigenvalue weighted by Gasteiger charge is -2.34. The third kappa shape index (κ3) is 21.6. The number of benzene rings is 3. The maximum absolute atomic E-state index is 14.6. The van der Waals surface area contributed by atoms with E-state index in [2.05, 4.69) is 27.8 Å². The zero-order valence-electron chi connectivity index (χ0n) is 46.1. The first-order valence-electron chi connectivity index (χ1n) is 25.4. The maximum Gasteiger partial charge on any atom is 0.408 e. The van der Waals surface area contributed by atoms with Crippen molar-refractivity contribution >= 4 is 75.0 Å². The molecule has 5 N–H and O–H groups in total. The molecule has 420 valence electrons. The fourth-order valence-corrected chi connectivity index (χ4v) is 10.3. The third-order valence-corrected chi connectivity index (χ3v) is 15.6. The van der Waals surface area contributed by atoms with E-state index in [0.717, 1.165) is 9.80 Å². The summed E-state index contributed by atoms with van der Waals surface area (Å²) in [6.07, 6.45) is 0.795. The van der Waals surface area contributed by atoms with Crippen molar-refractivity contribution in [1.29, 1.82) is 0 Å². The highest BCUT2D eigenvalue weighted by Crippen LogP contribution is 2.35. The Bertz CT molecular complexity index is 2460. The number of carbonyl (C=O) groups is 9. The van der Waals surface area contributed by atoms with Crippen LogP contribution in [0.5, 0.6) is 0 Å². The molecule has 21 heteroatoms. The molecule has 0 radical (unpaired) electrons. The van der Waals surface area contributed by atoms with Crippen LogP contribution in [-0.4, -0.2) is 172 Å². The van der Waals surface area contributed by atoms with Crippen LogP contribution < -0.4 is 21.3 Å². The van der Waals surface area contributed by atoms with E-state index in [9.17, 15) is 48.3 Å². The Morgan fingerprint density at radius 1 is 0.610 bits per heavy atom. The van der Waals surface area contributed by atoms with Crippen molar-refractivity contribution in [1.82, 2.24) is 40.9 Å². The van der Waals surface area contributed by atoms with Gasteiger partial charge in [0, 0.05) is 58.0 Å². The third-order valence-electron chi connectivity index (χ3n) is 12.3. The van der Waals surface area contributed by atoms with Gasteiger partial charge in [-0.3, -0.25) is 33.6 Å². The van der Waals surface area contributed by atoms with Crippen LogP contribution in [0.15, 0.2) is 104 Å². The average molecular weight is 1100 g/mol. The molecule has 0 heterocycles. The van der Waals surface area contributed by atoms with Gasteiger partial charge in [0.15, 0.2) is 0 Å². The molecule has 3 rings (SSSR count). The lowest BCUT2D eigenvalue weighted by Crippen LogP contribution is -2.59. The maximum atomic E-state index is 14.6. The molecule has 0 aliphatic heterocycles. The van der Waals surface area contributed by atoms with Gasteiger partial charge in [0.25, 0.3) is 0 Å². The molecule has 0 spiro atoms. The summed E-state index contributed by atoms with van der Waals surface area (Å²) in [6, 6.07) is 18.3. The summed E-state index contributed by atoms with van der Waals surface area (Å²) < 4.78 is 4.97. The van der Waals surface area contributed by atoms with Crippen LogP contribution in [0.4, 0.5) is 4.79 Å². The van der Waals surface area contributed by atoms with Gasteiger partial charge in [-0.1, -0.05) is 160 Å². The average Bonchev–Trinajstić information content (AvgIpc) is 3.39. The van der Waals surface area contributed by atoms with Crippen LogP contribution in [0.3, 0.4) is 0 Å². The zero-order chi connectivity index (χ0) is 57.6. The first-order chi connectivity index (χ1) is 36.2. The van der Waals surface area contributed by atoms with Crippen LogP contribution in [0.2, 0.25) is 0 Å². The molecule has 0 bridgehead atoms. The minimum Gasteiger partial charge on any atom is -0.480 e. The Morgan fingerprint density at radius 3 is 1.60 bits per heavy atom. The molecule has 8 amide bonds. The van der Waals surface area contributed by atoms with Crippen molar-refractivity contribution < 1.29 is 53.0 Å². The van der Waals surface area contributed by atoms with Crippen LogP contribution in [-0.2, 0) is 62.4 Å². The second kappa shape index (κ2) is 31.4. The minimum atomic E-state index is -1.27. The second-order valence-electron chi connectivity index (χ2n) is 20.3. The number of likely N-dealkylation sites (N-methyl/N-ethyl adjacent to an activating group) is 4. The number of nitrogens with zero attached hydrogens (tertiary/aromatic N) is 4. The quantitative estimate of drug-likeness (QED) is 0.0467. The Morgan fingerprint density at radius 2 is 1.10 bits per heavy atom. The molecular weight excluding hydrogens is 1020 g/mol. The topological polar surface area (TPSA) is 244 Å². The molecular formula is C56H78N8O11S2. The van der Waals surface area contributed by atoms with Gasteiger partial charge in [0.2, 0.25) is 41.4 Å². The fraction of sp³-hybridized carbons (Fsp3) is 0.482. The largest absolute Gasteiger partial charge is 0.480 e. The zero-order valence-corrected chi connectivity index (χ0v) is 47.8. The summed E-state index contributed by atoms with van der Waals surface area (Å²) in [5, 5.41) is 20.6. The molecule has 77 heavy (non-hydrogen) atoms. The number of hydrogen-bond acceptors (Lipinski definition) is 12. The number of carbonyl (C=O) groups excluding carboxylic acids is 8. The van der Waals surface area contributed by atoms with Crippen molar-refractivity contribution in [2.75, 3.05) is 47.1 Å². The van der Waals surface area contributed by atoms with Gasteiger partial charge in [-0.25, -0.2) is 9.59 Å². The summed E-state index contributed by atoms with van der Waals surface area (Å²) >= 11 is 0. The smallest absolute Gasteiger partial charge is 0.408 e. The first kappa shape index (κ1) is 64.4. The Balaban J connectivity index is 1.85. The molecule has 3 aromatic carbocycles. The summed E-state index contributed by atoms with van der Waals surface area (Å²) in [6.45, 7) is 15.6. The number of amides is 8.